The van der Waals surface area contributed by atoms with Gasteiger partial charge in [-0.2, -0.15) is 0 Å². The van der Waals surface area contributed by atoms with Crippen molar-refractivity contribution < 1.29 is 50.0 Å². The number of aliphatic hydroxyl groups excluding tert-OH is 4. The number of phenolic OH excluding ortho intramolecular Hbond substituents is 3. The highest BCUT2D eigenvalue weighted by Crippen LogP contribution is 2.29. The SMILES string of the molecule is O=C(C=Cc1ccc(O)c(O)c1)c1ccc(O[C@H]2O[C@H](CO)[C@@H](O)[C@H](O)[C@H]2O)cc1O. The summed E-state index contributed by atoms with van der Waals surface area (Å²) in [4.78, 5) is 12.4. The van der Waals surface area contributed by atoms with Crippen LogP contribution in [0, 0.1) is 0 Å². The highest BCUT2D eigenvalue weighted by atomic mass is 16.7. The predicted octanol–water partition coefficient (Wildman–Crippen LogP) is -0.122. The van der Waals surface area contributed by atoms with Crippen molar-refractivity contribution in [1.29, 1.82) is 0 Å². The maximum Gasteiger partial charge on any atom is 0.229 e. The van der Waals surface area contributed by atoms with Crippen LogP contribution < -0.4 is 4.74 Å². The normalized spacial score (nSPS) is 26.1. The van der Waals surface area contributed by atoms with Crippen LogP contribution in [0.4, 0.5) is 0 Å². The zero-order chi connectivity index (χ0) is 22.7. The molecule has 0 unspecified atom stereocenters. The molecule has 5 atom stereocenters. The summed E-state index contributed by atoms with van der Waals surface area (Å²) in [6.07, 6.45) is -4.80. The minimum atomic E-state index is -1.62. The number of carbonyl (C=O) groups is 1. The van der Waals surface area contributed by atoms with E-state index in [1.54, 1.807) is 0 Å². The number of aliphatic hydroxyl groups is 4. The lowest BCUT2D eigenvalue weighted by Gasteiger charge is -2.39. The van der Waals surface area contributed by atoms with E-state index in [1.807, 2.05) is 0 Å². The Morgan fingerprint density at radius 2 is 1.68 bits per heavy atom. The average molecular weight is 434 g/mol. The molecule has 10 nitrogen and oxygen atoms in total. The zero-order valence-corrected chi connectivity index (χ0v) is 16.1. The van der Waals surface area contributed by atoms with Gasteiger partial charge in [0.05, 0.1) is 12.2 Å². The highest BCUT2D eigenvalue weighted by molar-refractivity contribution is 6.08. The third kappa shape index (κ3) is 4.95. The molecule has 0 saturated carbocycles. The molecule has 0 radical (unpaired) electrons. The average Bonchev–Trinajstić information content (AvgIpc) is 2.74. The third-order valence-electron chi connectivity index (χ3n) is 4.76. The minimum Gasteiger partial charge on any atom is -0.507 e. The Labute approximate surface area is 176 Å². The van der Waals surface area contributed by atoms with Crippen molar-refractivity contribution in [2.45, 2.75) is 30.7 Å². The van der Waals surface area contributed by atoms with Crippen molar-refractivity contribution in [1.82, 2.24) is 0 Å². The summed E-state index contributed by atoms with van der Waals surface area (Å²) in [5.41, 5.74) is 0.395. The van der Waals surface area contributed by atoms with Gasteiger partial charge in [0.15, 0.2) is 17.3 Å². The molecule has 0 bridgehead atoms. The fourth-order valence-electron chi connectivity index (χ4n) is 3.00. The van der Waals surface area contributed by atoms with Crippen LogP contribution in [0.25, 0.3) is 6.08 Å². The van der Waals surface area contributed by atoms with Crippen LogP contribution in [0.5, 0.6) is 23.0 Å². The van der Waals surface area contributed by atoms with E-state index < -0.39 is 48.8 Å². The number of hydrogen-bond donors (Lipinski definition) is 7. The number of carbonyl (C=O) groups excluding carboxylic acids is 1. The lowest BCUT2D eigenvalue weighted by Crippen LogP contribution is -2.60. The molecule has 1 fully saturated rings. The van der Waals surface area contributed by atoms with Crippen molar-refractivity contribution in [3.05, 3.63) is 53.6 Å². The monoisotopic (exact) mass is 434 g/mol. The van der Waals surface area contributed by atoms with Crippen LogP contribution in [0.2, 0.25) is 0 Å². The smallest absolute Gasteiger partial charge is 0.229 e. The van der Waals surface area contributed by atoms with E-state index in [9.17, 15) is 40.5 Å². The second kappa shape index (κ2) is 9.33. The van der Waals surface area contributed by atoms with Crippen LogP contribution in [-0.4, -0.2) is 78.8 Å². The molecule has 0 aliphatic carbocycles. The Morgan fingerprint density at radius 3 is 2.32 bits per heavy atom. The van der Waals surface area contributed by atoms with Gasteiger partial charge >= 0.3 is 0 Å². The third-order valence-corrected chi connectivity index (χ3v) is 4.76. The molecule has 2 aromatic rings. The molecule has 1 aliphatic heterocycles. The maximum atomic E-state index is 12.4. The van der Waals surface area contributed by atoms with Gasteiger partial charge in [0.1, 0.15) is 35.9 Å². The lowest BCUT2D eigenvalue weighted by atomic mass is 9.99. The van der Waals surface area contributed by atoms with E-state index in [2.05, 4.69) is 0 Å². The summed E-state index contributed by atoms with van der Waals surface area (Å²) in [5, 5.41) is 67.8. The van der Waals surface area contributed by atoms with Crippen molar-refractivity contribution in [3.8, 4) is 23.0 Å². The Balaban J connectivity index is 1.71. The highest BCUT2D eigenvalue weighted by Gasteiger charge is 2.44. The molecule has 0 amide bonds. The molecule has 2 aromatic carbocycles. The second-order valence-electron chi connectivity index (χ2n) is 6.94. The Morgan fingerprint density at radius 1 is 0.935 bits per heavy atom. The van der Waals surface area contributed by atoms with Gasteiger partial charge in [0, 0.05) is 6.07 Å². The van der Waals surface area contributed by atoms with Crippen LogP contribution in [0.1, 0.15) is 15.9 Å². The fourth-order valence-corrected chi connectivity index (χ4v) is 3.00. The number of allylic oxidation sites excluding steroid dienone is 1. The van der Waals surface area contributed by atoms with E-state index >= 15 is 0 Å². The van der Waals surface area contributed by atoms with Crippen LogP contribution in [0.15, 0.2) is 42.5 Å². The zero-order valence-electron chi connectivity index (χ0n) is 16.1. The molecule has 10 heteroatoms. The standard InChI is InChI=1S/C21H22O10/c22-9-17-18(27)19(28)20(29)21(31-17)30-11-3-4-12(15(25)8-11)13(23)5-1-10-2-6-14(24)16(26)7-10/h1-8,17-22,24-29H,9H2/t17-,18-,19+,20-,21+/m1/s1. The summed E-state index contributed by atoms with van der Waals surface area (Å²) < 4.78 is 10.6. The molecule has 166 valence electrons. The van der Waals surface area contributed by atoms with Gasteiger partial charge in [-0.1, -0.05) is 12.1 Å². The van der Waals surface area contributed by atoms with Crippen molar-refractivity contribution in [2.24, 2.45) is 0 Å². The summed E-state index contributed by atoms with van der Waals surface area (Å²) in [7, 11) is 0. The molecule has 3 rings (SSSR count). The number of phenols is 3. The van der Waals surface area contributed by atoms with Crippen molar-refractivity contribution in [2.75, 3.05) is 6.61 Å². The summed E-state index contributed by atoms with van der Waals surface area (Å²) in [5.74, 6) is -1.61. The molecular formula is C21H22O10. The van der Waals surface area contributed by atoms with Crippen molar-refractivity contribution in [3.63, 3.8) is 0 Å². The first-order chi connectivity index (χ1) is 14.7. The largest absolute Gasteiger partial charge is 0.507 e. The molecule has 1 heterocycles. The number of ketones is 1. The van der Waals surface area contributed by atoms with Gasteiger partial charge in [0.25, 0.3) is 0 Å². The number of rotatable bonds is 6. The molecule has 0 spiro atoms. The Kier molecular flexibility index (Phi) is 6.78. The first kappa shape index (κ1) is 22.5. The van der Waals surface area contributed by atoms with E-state index in [1.165, 1.54) is 42.5 Å². The molecule has 1 aliphatic rings. The van der Waals surface area contributed by atoms with Crippen LogP contribution >= 0.6 is 0 Å². The number of benzene rings is 2. The summed E-state index contributed by atoms with van der Waals surface area (Å²) >= 11 is 0. The van der Waals surface area contributed by atoms with Gasteiger partial charge in [-0.15, -0.1) is 0 Å². The first-order valence-electron chi connectivity index (χ1n) is 9.26. The number of hydrogen-bond acceptors (Lipinski definition) is 10. The minimum absolute atomic E-state index is 0.00539. The summed E-state index contributed by atoms with van der Waals surface area (Å²) in [6, 6.07) is 7.72. The summed E-state index contributed by atoms with van der Waals surface area (Å²) in [6.45, 7) is -0.616. The number of aromatic hydroxyl groups is 3. The quantitative estimate of drug-likeness (QED) is 0.184. The van der Waals surface area contributed by atoms with E-state index in [0.29, 0.717) is 5.56 Å². The molecular weight excluding hydrogens is 412 g/mol. The molecule has 0 aromatic heterocycles. The molecule has 7 N–H and O–H groups in total. The first-order valence-corrected chi connectivity index (χ1v) is 9.26. The number of ether oxygens (including phenoxy) is 2. The van der Waals surface area contributed by atoms with Gasteiger partial charge in [0.2, 0.25) is 6.29 Å². The van der Waals surface area contributed by atoms with Crippen molar-refractivity contribution >= 4 is 11.9 Å². The maximum absolute atomic E-state index is 12.4. The molecule has 1 saturated heterocycles. The topological polar surface area (TPSA) is 177 Å². The van der Waals surface area contributed by atoms with Gasteiger partial charge in [-0.3, -0.25) is 4.79 Å². The van der Waals surface area contributed by atoms with Gasteiger partial charge in [-0.05, 0) is 35.9 Å². The lowest BCUT2D eigenvalue weighted by molar-refractivity contribution is -0.277. The Bertz CT molecular complexity index is 971. The predicted molar refractivity (Wildman–Crippen MR) is 106 cm³/mol. The molecule has 31 heavy (non-hydrogen) atoms. The van der Waals surface area contributed by atoms with Crippen LogP contribution in [0.3, 0.4) is 0 Å². The van der Waals surface area contributed by atoms with E-state index in [4.69, 9.17) is 9.47 Å². The van der Waals surface area contributed by atoms with Crippen LogP contribution in [-0.2, 0) is 4.74 Å². The van der Waals surface area contributed by atoms with Gasteiger partial charge in [-0.25, -0.2) is 0 Å². The van der Waals surface area contributed by atoms with E-state index in [0.717, 1.165) is 6.07 Å². The van der Waals surface area contributed by atoms with Gasteiger partial charge < -0.3 is 45.2 Å². The second-order valence-corrected chi connectivity index (χ2v) is 6.94. The Hall–Kier alpha value is -3.15. The fraction of sp³-hybridized carbons (Fsp3) is 0.286. The van der Waals surface area contributed by atoms with E-state index in [-0.39, 0.29) is 22.8 Å².